The van der Waals surface area contributed by atoms with Crippen molar-refractivity contribution in [1.82, 2.24) is 9.78 Å². The van der Waals surface area contributed by atoms with E-state index in [1.807, 2.05) is 13.0 Å². The van der Waals surface area contributed by atoms with Gasteiger partial charge in [0.05, 0.1) is 26.6 Å². The van der Waals surface area contributed by atoms with Gasteiger partial charge >= 0.3 is 0 Å². The van der Waals surface area contributed by atoms with Crippen molar-refractivity contribution in [2.75, 3.05) is 5.32 Å². The van der Waals surface area contributed by atoms with Crippen LogP contribution < -0.4 is 11.1 Å². The number of aromatic nitrogens is 2. The highest BCUT2D eigenvalue weighted by Crippen LogP contribution is 2.35. The Balaban J connectivity index is 2.06. The van der Waals surface area contributed by atoms with Gasteiger partial charge in [0.25, 0.3) is 0 Å². The largest absolute Gasteiger partial charge is 0.376 e. The van der Waals surface area contributed by atoms with Gasteiger partial charge in [-0.3, -0.25) is 9.48 Å². The number of amides is 1. The van der Waals surface area contributed by atoms with E-state index in [0.717, 1.165) is 11.3 Å². The van der Waals surface area contributed by atoms with Gasteiger partial charge in [0.15, 0.2) is 0 Å². The molecular formula is C11H12Cl2N4OS. The third kappa shape index (κ3) is 3.62. The van der Waals surface area contributed by atoms with Gasteiger partial charge in [0.1, 0.15) is 6.54 Å². The number of nitrogens with zero attached hydrogens (tertiary/aromatic N) is 2. The fourth-order valence-electron chi connectivity index (χ4n) is 1.66. The number of carbonyl (C=O) groups excluding carboxylic acids is 1. The Morgan fingerprint density at radius 3 is 2.95 bits per heavy atom. The molecule has 0 aliphatic carbocycles. The van der Waals surface area contributed by atoms with Crippen LogP contribution in [0.5, 0.6) is 0 Å². The van der Waals surface area contributed by atoms with Crippen molar-refractivity contribution < 1.29 is 4.79 Å². The van der Waals surface area contributed by atoms with Gasteiger partial charge in [-0.25, -0.2) is 0 Å². The summed E-state index contributed by atoms with van der Waals surface area (Å²) in [5, 5.41) is 7.26. The highest BCUT2D eigenvalue weighted by Gasteiger charge is 2.14. The maximum atomic E-state index is 10.8. The Morgan fingerprint density at radius 1 is 1.63 bits per heavy atom. The number of hydrogen-bond donors (Lipinski definition) is 2. The van der Waals surface area contributed by atoms with Gasteiger partial charge < -0.3 is 11.1 Å². The molecule has 1 unspecified atom stereocenters. The average Bonchev–Trinajstić information content (AvgIpc) is 2.84. The molecule has 1 atom stereocenters. The SMILES string of the molecule is CC(Nc1cnn(CC(N)=O)c1)c1cc(Cl)sc1Cl. The molecule has 0 saturated carbocycles. The fraction of sp³-hybridized carbons (Fsp3) is 0.273. The number of rotatable bonds is 5. The molecule has 102 valence electrons. The lowest BCUT2D eigenvalue weighted by atomic mass is 10.2. The number of anilines is 1. The average molecular weight is 319 g/mol. The fourth-order valence-corrected chi connectivity index (χ4v) is 3.31. The molecule has 8 heteroatoms. The number of nitrogens with two attached hydrogens (primary N) is 1. The molecule has 2 aromatic rings. The minimum absolute atomic E-state index is 0.0116. The molecule has 3 N–H and O–H groups in total. The van der Waals surface area contributed by atoms with Crippen LogP contribution in [0.3, 0.4) is 0 Å². The first-order valence-corrected chi connectivity index (χ1v) is 7.05. The highest BCUT2D eigenvalue weighted by atomic mass is 35.5. The standard InChI is InChI=1S/C11H12Cl2N4OS/c1-6(8-2-9(12)19-11(8)13)16-7-3-15-17(4-7)5-10(14)18/h2-4,6,16H,5H2,1H3,(H2,14,18). The van der Waals surface area contributed by atoms with E-state index in [1.54, 1.807) is 12.4 Å². The highest BCUT2D eigenvalue weighted by molar-refractivity contribution is 7.20. The van der Waals surface area contributed by atoms with Gasteiger partial charge in [-0.15, -0.1) is 11.3 Å². The van der Waals surface area contributed by atoms with E-state index < -0.39 is 5.91 Å². The van der Waals surface area contributed by atoms with E-state index in [0.29, 0.717) is 8.67 Å². The zero-order valence-corrected chi connectivity index (χ0v) is 12.4. The van der Waals surface area contributed by atoms with Gasteiger partial charge in [-0.1, -0.05) is 23.2 Å². The molecule has 1 amide bonds. The van der Waals surface area contributed by atoms with Gasteiger partial charge in [0, 0.05) is 11.8 Å². The number of primary amides is 1. The second-order valence-electron chi connectivity index (χ2n) is 4.04. The van der Waals surface area contributed by atoms with Crippen LogP contribution in [0, 0.1) is 0 Å². The predicted octanol–water partition coefficient (Wildman–Crippen LogP) is 2.91. The molecular weight excluding hydrogens is 307 g/mol. The quantitative estimate of drug-likeness (QED) is 0.890. The van der Waals surface area contributed by atoms with Crippen LogP contribution in [0.2, 0.25) is 8.67 Å². The Hall–Kier alpha value is -1.24. The van der Waals surface area contributed by atoms with Gasteiger partial charge in [-0.2, -0.15) is 5.10 Å². The lowest BCUT2D eigenvalue weighted by molar-refractivity contribution is -0.118. The summed E-state index contributed by atoms with van der Waals surface area (Å²) in [5.74, 6) is -0.435. The van der Waals surface area contributed by atoms with Crippen LogP contribution in [-0.4, -0.2) is 15.7 Å². The monoisotopic (exact) mass is 318 g/mol. The smallest absolute Gasteiger partial charge is 0.239 e. The first-order chi connectivity index (χ1) is 8.95. The van der Waals surface area contributed by atoms with Crippen molar-refractivity contribution in [1.29, 1.82) is 0 Å². The molecule has 0 spiro atoms. The minimum Gasteiger partial charge on any atom is -0.376 e. The molecule has 2 aromatic heterocycles. The molecule has 2 heterocycles. The first-order valence-electron chi connectivity index (χ1n) is 5.47. The first kappa shape index (κ1) is 14.2. The van der Waals surface area contributed by atoms with Crippen molar-refractivity contribution in [3.8, 4) is 0 Å². The van der Waals surface area contributed by atoms with E-state index in [-0.39, 0.29) is 12.6 Å². The van der Waals surface area contributed by atoms with E-state index in [9.17, 15) is 4.79 Å². The summed E-state index contributed by atoms with van der Waals surface area (Å²) < 4.78 is 2.78. The molecule has 0 bridgehead atoms. The van der Waals surface area contributed by atoms with E-state index in [1.165, 1.54) is 16.0 Å². The van der Waals surface area contributed by atoms with Crippen molar-refractivity contribution in [3.05, 3.63) is 32.7 Å². The molecule has 0 saturated heterocycles. The van der Waals surface area contributed by atoms with Crippen molar-refractivity contribution in [2.24, 2.45) is 5.73 Å². The normalized spacial score (nSPS) is 12.4. The summed E-state index contributed by atoms with van der Waals surface area (Å²) in [6, 6.07) is 1.82. The zero-order chi connectivity index (χ0) is 14.0. The third-order valence-corrected chi connectivity index (χ3v) is 4.00. The number of carbonyl (C=O) groups is 1. The van der Waals surface area contributed by atoms with Gasteiger partial charge in [0.2, 0.25) is 5.91 Å². The Kier molecular flexibility index (Phi) is 4.34. The van der Waals surface area contributed by atoms with E-state index >= 15 is 0 Å². The second kappa shape index (κ2) is 5.81. The van der Waals surface area contributed by atoms with Crippen LogP contribution in [0.25, 0.3) is 0 Å². The topological polar surface area (TPSA) is 72.9 Å². The van der Waals surface area contributed by atoms with Crippen molar-refractivity contribution >= 4 is 46.1 Å². The van der Waals surface area contributed by atoms with E-state index in [2.05, 4.69) is 10.4 Å². The molecule has 19 heavy (non-hydrogen) atoms. The van der Waals surface area contributed by atoms with Crippen molar-refractivity contribution in [2.45, 2.75) is 19.5 Å². The summed E-state index contributed by atoms with van der Waals surface area (Å²) >= 11 is 13.3. The summed E-state index contributed by atoms with van der Waals surface area (Å²) in [6.45, 7) is 2.02. The summed E-state index contributed by atoms with van der Waals surface area (Å²) in [7, 11) is 0. The van der Waals surface area contributed by atoms with Gasteiger partial charge in [-0.05, 0) is 13.0 Å². The summed E-state index contributed by atoms with van der Waals surface area (Å²) in [4.78, 5) is 10.8. The zero-order valence-electron chi connectivity index (χ0n) is 10.1. The lowest BCUT2D eigenvalue weighted by Gasteiger charge is -2.12. The number of nitrogens with one attached hydrogen (secondary N) is 1. The van der Waals surface area contributed by atoms with Crippen LogP contribution in [0.1, 0.15) is 18.5 Å². The minimum atomic E-state index is -0.435. The molecule has 2 rings (SSSR count). The Bertz CT molecular complexity index is 595. The van der Waals surface area contributed by atoms with Crippen LogP contribution in [0.4, 0.5) is 5.69 Å². The predicted molar refractivity (Wildman–Crippen MR) is 77.8 cm³/mol. The third-order valence-electron chi connectivity index (χ3n) is 2.48. The van der Waals surface area contributed by atoms with Crippen LogP contribution >= 0.6 is 34.5 Å². The number of thiophene rings is 1. The van der Waals surface area contributed by atoms with Crippen molar-refractivity contribution in [3.63, 3.8) is 0 Å². The Labute approximate surface area is 124 Å². The van der Waals surface area contributed by atoms with E-state index in [4.69, 9.17) is 28.9 Å². The molecule has 0 radical (unpaired) electrons. The molecule has 5 nitrogen and oxygen atoms in total. The molecule has 0 aliphatic heterocycles. The van der Waals surface area contributed by atoms with Crippen LogP contribution in [-0.2, 0) is 11.3 Å². The number of hydrogen-bond acceptors (Lipinski definition) is 4. The maximum absolute atomic E-state index is 10.8. The Morgan fingerprint density at radius 2 is 2.37 bits per heavy atom. The maximum Gasteiger partial charge on any atom is 0.239 e. The second-order valence-corrected chi connectivity index (χ2v) is 6.32. The summed E-state index contributed by atoms with van der Waals surface area (Å²) in [6.07, 6.45) is 3.34. The molecule has 0 aliphatic rings. The van der Waals surface area contributed by atoms with Crippen LogP contribution in [0.15, 0.2) is 18.5 Å². The number of halogens is 2. The molecule has 0 fully saturated rings. The lowest BCUT2D eigenvalue weighted by Crippen LogP contribution is -2.18. The molecule has 0 aromatic carbocycles. The summed E-state index contributed by atoms with van der Waals surface area (Å²) in [5.41, 5.74) is 6.81.